The maximum Gasteiger partial charge on any atom is 0.471 e. The summed E-state index contributed by atoms with van der Waals surface area (Å²) in [6.07, 6.45) is 0.00425. The van der Waals surface area contributed by atoms with Gasteiger partial charge in [-0.2, -0.15) is 18.2 Å². The molecule has 1 saturated heterocycles. The van der Waals surface area contributed by atoms with Crippen molar-refractivity contribution in [3.05, 3.63) is 35.7 Å². The quantitative estimate of drug-likeness (QED) is 0.814. The maximum atomic E-state index is 12.6. The van der Waals surface area contributed by atoms with E-state index in [-0.39, 0.29) is 17.8 Å². The first-order valence-corrected chi connectivity index (χ1v) is 9.45. The fourth-order valence-corrected chi connectivity index (χ4v) is 3.53. The molecular formula is C19H21F3N4O2. The number of hydrogen-bond donors (Lipinski definition) is 1. The summed E-state index contributed by atoms with van der Waals surface area (Å²) in [6.45, 7) is 3.04. The van der Waals surface area contributed by atoms with Crippen molar-refractivity contribution in [1.29, 1.82) is 0 Å². The Morgan fingerprint density at radius 1 is 1.21 bits per heavy atom. The Bertz CT molecular complexity index is 824. The molecule has 1 amide bonds. The molecule has 6 nitrogen and oxygen atoms in total. The van der Waals surface area contributed by atoms with Crippen molar-refractivity contribution in [3.63, 3.8) is 0 Å². The minimum atomic E-state index is -4.68. The normalized spacial score (nSPS) is 19.0. The fraction of sp³-hybridized carbons (Fsp3) is 0.526. The van der Waals surface area contributed by atoms with Crippen LogP contribution < -0.4 is 5.32 Å². The average molecular weight is 394 g/mol. The highest BCUT2D eigenvalue weighted by Crippen LogP contribution is 2.34. The van der Waals surface area contributed by atoms with Crippen molar-refractivity contribution in [1.82, 2.24) is 20.4 Å². The van der Waals surface area contributed by atoms with E-state index in [0.717, 1.165) is 32.5 Å². The molecule has 1 saturated carbocycles. The third-order valence-electron chi connectivity index (χ3n) is 5.23. The lowest BCUT2D eigenvalue weighted by Gasteiger charge is -2.24. The van der Waals surface area contributed by atoms with Crippen LogP contribution in [0.1, 0.15) is 41.9 Å². The van der Waals surface area contributed by atoms with Gasteiger partial charge >= 0.3 is 12.1 Å². The van der Waals surface area contributed by atoms with Crippen LogP contribution in [0.5, 0.6) is 0 Å². The van der Waals surface area contributed by atoms with E-state index in [1.54, 1.807) is 12.1 Å². The summed E-state index contributed by atoms with van der Waals surface area (Å²) >= 11 is 0. The number of rotatable bonds is 6. The molecule has 9 heteroatoms. The SMILES string of the molecule is O=C(N[C@@H](CN1CCCC1)C1CC1)c1ccc(-c2noc(C(F)(F)F)n2)cc1. The predicted octanol–water partition coefficient (Wildman–Crippen LogP) is 3.36. The van der Waals surface area contributed by atoms with Crippen molar-refractivity contribution in [3.8, 4) is 11.4 Å². The third kappa shape index (κ3) is 4.35. The number of likely N-dealkylation sites (tertiary alicyclic amines) is 1. The molecule has 1 aliphatic heterocycles. The number of hydrogen-bond acceptors (Lipinski definition) is 5. The standard InChI is InChI=1S/C19H21F3N4O2/c20-19(21,22)18-24-16(25-28-18)13-5-7-14(8-6-13)17(27)23-15(12-3-4-12)11-26-9-1-2-10-26/h5-8,12,15H,1-4,9-11H2,(H,23,27)/t15-/m0/s1. The van der Waals surface area contributed by atoms with Gasteiger partial charge < -0.3 is 14.7 Å². The highest BCUT2D eigenvalue weighted by Gasteiger charge is 2.38. The Morgan fingerprint density at radius 3 is 2.46 bits per heavy atom. The number of halogens is 3. The predicted molar refractivity (Wildman–Crippen MR) is 94.4 cm³/mol. The molecule has 150 valence electrons. The van der Waals surface area contributed by atoms with Gasteiger partial charge in [0.1, 0.15) is 0 Å². The van der Waals surface area contributed by atoms with Gasteiger partial charge in [-0.15, -0.1) is 0 Å². The van der Waals surface area contributed by atoms with Gasteiger partial charge in [0.25, 0.3) is 5.91 Å². The van der Waals surface area contributed by atoms with Crippen molar-refractivity contribution < 1.29 is 22.5 Å². The molecule has 28 heavy (non-hydrogen) atoms. The van der Waals surface area contributed by atoms with Crippen LogP contribution in [-0.4, -0.2) is 46.6 Å². The summed E-state index contributed by atoms with van der Waals surface area (Å²) in [5.74, 6) is -1.20. The van der Waals surface area contributed by atoms with Gasteiger partial charge in [-0.05, 0) is 56.8 Å². The zero-order valence-electron chi connectivity index (χ0n) is 15.2. The number of carbonyl (C=O) groups excluding carboxylic acids is 1. The Kier molecular flexibility index (Phi) is 5.09. The van der Waals surface area contributed by atoms with E-state index >= 15 is 0 Å². The lowest BCUT2D eigenvalue weighted by Crippen LogP contribution is -2.44. The Labute approximate surface area is 160 Å². The van der Waals surface area contributed by atoms with Gasteiger partial charge in [-0.1, -0.05) is 17.3 Å². The van der Waals surface area contributed by atoms with Gasteiger partial charge in [0.05, 0.1) is 0 Å². The number of benzene rings is 1. The van der Waals surface area contributed by atoms with E-state index in [9.17, 15) is 18.0 Å². The number of aromatic nitrogens is 2. The number of carbonyl (C=O) groups is 1. The van der Waals surface area contributed by atoms with E-state index in [1.165, 1.54) is 25.0 Å². The van der Waals surface area contributed by atoms with Crippen LogP contribution >= 0.6 is 0 Å². The van der Waals surface area contributed by atoms with E-state index in [0.29, 0.717) is 17.0 Å². The fourth-order valence-electron chi connectivity index (χ4n) is 3.53. The second-order valence-electron chi connectivity index (χ2n) is 7.42. The minimum Gasteiger partial charge on any atom is -0.348 e. The highest BCUT2D eigenvalue weighted by atomic mass is 19.4. The highest BCUT2D eigenvalue weighted by molar-refractivity contribution is 5.94. The van der Waals surface area contributed by atoms with E-state index in [2.05, 4.69) is 24.9 Å². The average Bonchev–Trinajstić information content (AvgIpc) is 3.16. The van der Waals surface area contributed by atoms with E-state index in [1.807, 2.05) is 0 Å². The Balaban J connectivity index is 1.41. The molecule has 0 unspecified atom stereocenters. The zero-order chi connectivity index (χ0) is 19.7. The molecule has 0 spiro atoms. The summed E-state index contributed by atoms with van der Waals surface area (Å²) in [4.78, 5) is 18.4. The number of amides is 1. The van der Waals surface area contributed by atoms with Crippen molar-refractivity contribution in [2.75, 3.05) is 19.6 Å². The molecule has 1 aromatic carbocycles. The molecule has 1 aromatic heterocycles. The summed E-state index contributed by atoms with van der Waals surface area (Å²) in [5, 5.41) is 6.48. The van der Waals surface area contributed by atoms with E-state index in [4.69, 9.17) is 0 Å². The van der Waals surface area contributed by atoms with Crippen molar-refractivity contribution in [2.45, 2.75) is 37.9 Å². The number of nitrogens with one attached hydrogen (secondary N) is 1. The molecule has 4 rings (SSSR count). The van der Waals surface area contributed by atoms with Crippen molar-refractivity contribution >= 4 is 5.91 Å². The molecule has 2 fully saturated rings. The van der Waals surface area contributed by atoms with Crippen LogP contribution in [0.15, 0.2) is 28.8 Å². The Morgan fingerprint density at radius 2 is 1.89 bits per heavy atom. The van der Waals surface area contributed by atoms with Gasteiger partial charge in [0.15, 0.2) is 0 Å². The first-order valence-electron chi connectivity index (χ1n) is 9.45. The minimum absolute atomic E-state index is 0.136. The molecule has 0 radical (unpaired) electrons. The second-order valence-corrected chi connectivity index (χ2v) is 7.42. The summed E-state index contributed by atoms with van der Waals surface area (Å²) in [7, 11) is 0. The first kappa shape index (κ1) is 18.9. The molecule has 0 bridgehead atoms. The van der Waals surface area contributed by atoms with Crippen LogP contribution in [0.4, 0.5) is 13.2 Å². The smallest absolute Gasteiger partial charge is 0.348 e. The molecule has 1 aliphatic carbocycles. The zero-order valence-corrected chi connectivity index (χ0v) is 15.2. The molecule has 2 aromatic rings. The van der Waals surface area contributed by atoms with Crippen LogP contribution in [0.2, 0.25) is 0 Å². The van der Waals surface area contributed by atoms with Crippen molar-refractivity contribution in [2.24, 2.45) is 5.92 Å². The molecule has 1 atom stereocenters. The number of nitrogens with zero attached hydrogens (tertiary/aromatic N) is 3. The molecular weight excluding hydrogens is 373 g/mol. The summed E-state index contributed by atoms with van der Waals surface area (Å²) in [5.41, 5.74) is 0.807. The summed E-state index contributed by atoms with van der Waals surface area (Å²) < 4.78 is 42.0. The number of alkyl halides is 3. The monoisotopic (exact) mass is 394 g/mol. The topological polar surface area (TPSA) is 71.3 Å². The molecule has 2 aliphatic rings. The van der Waals surface area contributed by atoms with Crippen LogP contribution in [-0.2, 0) is 6.18 Å². The van der Waals surface area contributed by atoms with Gasteiger partial charge in [0.2, 0.25) is 5.82 Å². The Hall–Kier alpha value is -2.42. The summed E-state index contributed by atoms with van der Waals surface area (Å²) in [6, 6.07) is 6.30. The first-order chi connectivity index (χ1) is 13.4. The van der Waals surface area contributed by atoms with Crippen LogP contribution in [0, 0.1) is 5.92 Å². The lowest BCUT2D eigenvalue weighted by atomic mass is 10.1. The third-order valence-corrected chi connectivity index (χ3v) is 5.23. The lowest BCUT2D eigenvalue weighted by molar-refractivity contribution is -0.159. The van der Waals surface area contributed by atoms with Crippen LogP contribution in [0.25, 0.3) is 11.4 Å². The largest absolute Gasteiger partial charge is 0.471 e. The van der Waals surface area contributed by atoms with Crippen LogP contribution in [0.3, 0.4) is 0 Å². The van der Waals surface area contributed by atoms with E-state index < -0.39 is 12.1 Å². The molecule has 1 N–H and O–H groups in total. The van der Waals surface area contributed by atoms with Gasteiger partial charge in [-0.25, -0.2) is 0 Å². The second kappa shape index (κ2) is 7.54. The van der Waals surface area contributed by atoms with Gasteiger partial charge in [0, 0.05) is 23.7 Å². The molecule has 2 heterocycles. The maximum absolute atomic E-state index is 12.6. The van der Waals surface area contributed by atoms with Gasteiger partial charge in [-0.3, -0.25) is 4.79 Å².